The quantitative estimate of drug-likeness (QED) is 0.851. The summed E-state index contributed by atoms with van der Waals surface area (Å²) in [7, 11) is 0. The van der Waals surface area contributed by atoms with Gasteiger partial charge in [0.05, 0.1) is 0 Å². The number of nitrogens with one attached hydrogen (secondary N) is 1. The number of thioether (sulfide) groups is 1. The van der Waals surface area contributed by atoms with E-state index >= 15 is 0 Å². The summed E-state index contributed by atoms with van der Waals surface area (Å²) in [6, 6.07) is 12.8. The molecule has 1 heterocycles. The predicted molar refractivity (Wildman–Crippen MR) is 78.2 cm³/mol. The van der Waals surface area contributed by atoms with Crippen molar-refractivity contribution in [2.24, 2.45) is 0 Å². The normalized spacial score (nSPS) is 15.0. The first-order valence-corrected chi connectivity index (χ1v) is 7.55. The van der Waals surface area contributed by atoms with Gasteiger partial charge in [-0.05, 0) is 36.1 Å². The maximum atomic E-state index is 12.9. The summed E-state index contributed by atoms with van der Waals surface area (Å²) in [6.07, 6.45) is -1.55. The summed E-state index contributed by atoms with van der Waals surface area (Å²) in [6.45, 7) is 0.602. The Balaban J connectivity index is 1.66. The number of anilines is 1. The molecule has 21 heavy (non-hydrogen) atoms. The van der Waals surface area contributed by atoms with Crippen LogP contribution in [0.25, 0.3) is 0 Å². The molecule has 2 aromatic rings. The standard InChI is InChI=1S/C15H13F2NO2S/c1-21-12-5-2-10(3-6-12)9-18-11-4-7-13-14(8-11)20-15(16,17)19-13/h2-8,18H,9H2,1H3. The van der Waals surface area contributed by atoms with E-state index in [4.69, 9.17) is 0 Å². The van der Waals surface area contributed by atoms with Gasteiger partial charge in [0.25, 0.3) is 0 Å². The third kappa shape index (κ3) is 3.21. The monoisotopic (exact) mass is 309 g/mol. The smallest absolute Gasteiger partial charge is 0.395 e. The van der Waals surface area contributed by atoms with Crippen LogP contribution in [0, 0.1) is 0 Å². The number of hydrogen-bond donors (Lipinski definition) is 1. The van der Waals surface area contributed by atoms with Gasteiger partial charge in [-0.15, -0.1) is 20.5 Å². The molecule has 110 valence electrons. The van der Waals surface area contributed by atoms with Gasteiger partial charge in [-0.25, -0.2) is 0 Å². The number of fused-ring (bicyclic) bond motifs is 1. The first-order valence-electron chi connectivity index (χ1n) is 6.32. The molecule has 0 atom stereocenters. The van der Waals surface area contributed by atoms with E-state index < -0.39 is 6.29 Å². The summed E-state index contributed by atoms with van der Waals surface area (Å²) in [5, 5.41) is 3.17. The number of alkyl halides is 2. The zero-order chi connectivity index (χ0) is 14.9. The SMILES string of the molecule is CSc1ccc(CNc2ccc3c(c2)OC(F)(F)O3)cc1. The van der Waals surface area contributed by atoms with Gasteiger partial charge in [0.2, 0.25) is 0 Å². The van der Waals surface area contributed by atoms with Crippen LogP contribution in [0.3, 0.4) is 0 Å². The molecule has 3 nitrogen and oxygen atoms in total. The first-order chi connectivity index (χ1) is 10.1. The summed E-state index contributed by atoms with van der Waals surface area (Å²) < 4.78 is 34.6. The van der Waals surface area contributed by atoms with Gasteiger partial charge >= 0.3 is 6.29 Å². The minimum absolute atomic E-state index is 0.0442. The summed E-state index contributed by atoms with van der Waals surface area (Å²) >= 11 is 1.68. The lowest BCUT2D eigenvalue weighted by Crippen LogP contribution is -2.25. The number of benzene rings is 2. The fraction of sp³-hybridized carbons (Fsp3) is 0.200. The second-order valence-electron chi connectivity index (χ2n) is 4.53. The van der Waals surface area contributed by atoms with Crippen molar-refractivity contribution in [1.82, 2.24) is 0 Å². The molecule has 0 radical (unpaired) electrons. The van der Waals surface area contributed by atoms with Crippen LogP contribution in [0.4, 0.5) is 14.5 Å². The molecule has 0 fully saturated rings. The molecule has 1 aliphatic heterocycles. The van der Waals surface area contributed by atoms with Crippen LogP contribution in [0.1, 0.15) is 5.56 Å². The lowest BCUT2D eigenvalue weighted by Gasteiger charge is -2.07. The van der Waals surface area contributed by atoms with E-state index in [9.17, 15) is 8.78 Å². The Labute approximate surface area is 125 Å². The highest BCUT2D eigenvalue weighted by atomic mass is 32.2. The Morgan fingerprint density at radius 3 is 2.48 bits per heavy atom. The van der Waals surface area contributed by atoms with Crippen molar-refractivity contribution in [3.63, 3.8) is 0 Å². The highest BCUT2D eigenvalue weighted by molar-refractivity contribution is 7.98. The van der Waals surface area contributed by atoms with Crippen LogP contribution in [0.2, 0.25) is 0 Å². The number of ether oxygens (including phenoxy) is 2. The van der Waals surface area contributed by atoms with Gasteiger partial charge in [-0.2, -0.15) is 0 Å². The number of halogens is 2. The van der Waals surface area contributed by atoms with Crippen molar-refractivity contribution < 1.29 is 18.3 Å². The van der Waals surface area contributed by atoms with Crippen LogP contribution >= 0.6 is 11.8 Å². The van der Waals surface area contributed by atoms with Crippen molar-refractivity contribution in [2.75, 3.05) is 11.6 Å². The zero-order valence-electron chi connectivity index (χ0n) is 11.2. The molecular formula is C15H13F2NO2S. The maximum absolute atomic E-state index is 12.9. The average molecular weight is 309 g/mol. The number of hydrogen-bond acceptors (Lipinski definition) is 4. The van der Waals surface area contributed by atoms with Crippen molar-refractivity contribution >= 4 is 17.4 Å². The third-order valence-electron chi connectivity index (χ3n) is 3.06. The molecule has 2 aromatic carbocycles. The van der Waals surface area contributed by atoms with Gasteiger partial charge in [-0.3, -0.25) is 0 Å². The Bertz CT molecular complexity index is 647. The first kappa shape index (κ1) is 14.0. The molecule has 0 aromatic heterocycles. The van der Waals surface area contributed by atoms with E-state index in [0.717, 1.165) is 5.56 Å². The van der Waals surface area contributed by atoms with Crippen molar-refractivity contribution in [2.45, 2.75) is 17.7 Å². The molecule has 6 heteroatoms. The molecular weight excluding hydrogens is 296 g/mol. The lowest BCUT2D eigenvalue weighted by molar-refractivity contribution is -0.286. The van der Waals surface area contributed by atoms with E-state index in [2.05, 4.69) is 14.8 Å². The molecule has 0 bridgehead atoms. The Kier molecular flexibility index (Phi) is 3.63. The van der Waals surface area contributed by atoms with Gasteiger partial charge in [0.1, 0.15) is 0 Å². The van der Waals surface area contributed by atoms with E-state index in [1.807, 2.05) is 30.5 Å². The summed E-state index contributed by atoms with van der Waals surface area (Å²) in [5.74, 6) is 0.0950. The minimum atomic E-state index is -3.57. The van der Waals surface area contributed by atoms with E-state index in [0.29, 0.717) is 12.2 Å². The molecule has 3 rings (SSSR count). The van der Waals surface area contributed by atoms with Crippen molar-refractivity contribution in [1.29, 1.82) is 0 Å². The molecule has 0 saturated carbocycles. The molecule has 1 aliphatic rings. The van der Waals surface area contributed by atoms with Crippen LogP contribution in [-0.2, 0) is 6.54 Å². The highest BCUT2D eigenvalue weighted by Crippen LogP contribution is 2.42. The minimum Gasteiger partial charge on any atom is -0.395 e. The van der Waals surface area contributed by atoms with Crippen molar-refractivity contribution in [3.05, 3.63) is 48.0 Å². The summed E-state index contributed by atoms with van der Waals surface area (Å²) in [5.41, 5.74) is 1.81. The van der Waals surface area contributed by atoms with Crippen LogP contribution in [-0.4, -0.2) is 12.6 Å². The van der Waals surface area contributed by atoms with Gasteiger partial charge < -0.3 is 14.8 Å². The molecule has 0 aliphatic carbocycles. The topological polar surface area (TPSA) is 30.5 Å². The summed E-state index contributed by atoms with van der Waals surface area (Å²) in [4.78, 5) is 1.20. The van der Waals surface area contributed by atoms with E-state index in [-0.39, 0.29) is 11.5 Å². The lowest BCUT2D eigenvalue weighted by atomic mass is 10.2. The van der Waals surface area contributed by atoms with Gasteiger partial charge in [-0.1, -0.05) is 12.1 Å². The fourth-order valence-corrected chi connectivity index (χ4v) is 2.41. The zero-order valence-corrected chi connectivity index (χ0v) is 12.0. The second kappa shape index (κ2) is 5.44. The highest BCUT2D eigenvalue weighted by Gasteiger charge is 2.43. The molecule has 1 N–H and O–H groups in total. The fourth-order valence-electron chi connectivity index (χ4n) is 2.01. The largest absolute Gasteiger partial charge is 0.586 e. The van der Waals surface area contributed by atoms with Crippen LogP contribution in [0.15, 0.2) is 47.4 Å². The molecule has 0 saturated heterocycles. The van der Waals surface area contributed by atoms with E-state index in [1.165, 1.54) is 17.0 Å². The van der Waals surface area contributed by atoms with Gasteiger partial charge in [0.15, 0.2) is 11.5 Å². The third-order valence-corrected chi connectivity index (χ3v) is 3.80. The van der Waals surface area contributed by atoms with E-state index in [1.54, 1.807) is 17.8 Å². The Hall–Kier alpha value is -1.95. The molecule has 0 amide bonds. The average Bonchev–Trinajstić information content (AvgIpc) is 2.78. The second-order valence-corrected chi connectivity index (χ2v) is 5.41. The van der Waals surface area contributed by atoms with Gasteiger partial charge in [0, 0.05) is 23.2 Å². The predicted octanol–water partition coefficient (Wildman–Crippen LogP) is 4.34. The number of rotatable bonds is 4. The molecule has 0 unspecified atom stereocenters. The Morgan fingerprint density at radius 2 is 1.76 bits per heavy atom. The Morgan fingerprint density at radius 1 is 1.05 bits per heavy atom. The van der Waals surface area contributed by atoms with Crippen LogP contribution < -0.4 is 14.8 Å². The van der Waals surface area contributed by atoms with Crippen molar-refractivity contribution in [3.8, 4) is 11.5 Å². The molecule has 0 spiro atoms. The maximum Gasteiger partial charge on any atom is 0.586 e. The van der Waals surface area contributed by atoms with Crippen LogP contribution in [0.5, 0.6) is 11.5 Å².